The summed E-state index contributed by atoms with van der Waals surface area (Å²) in [6.45, 7) is 9.75. The van der Waals surface area contributed by atoms with Crippen molar-refractivity contribution in [3.05, 3.63) is 58.1 Å². The van der Waals surface area contributed by atoms with Crippen LogP contribution in [0.5, 0.6) is 5.75 Å². The van der Waals surface area contributed by atoms with Crippen LogP contribution in [-0.2, 0) is 21.4 Å². The molecule has 0 bridgehead atoms. The molecule has 2 aromatic rings. The molecule has 0 amide bonds. The maximum Gasteiger partial charge on any atom is 0.338 e. The van der Waals surface area contributed by atoms with Crippen molar-refractivity contribution in [3.63, 3.8) is 0 Å². The van der Waals surface area contributed by atoms with Crippen LogP contribution in [0.25, 0.3) is 0 Å². The molecule has 3 aliphatic rings. The highest BCUT2D eigenvalue weighted by molar-refractivity contribution is 6.30. The molecule has 1 saturated carbocycles. The number of carbonyl (C=O) groups is 2. The van der Waals surface area contributed by atoms with E-state index in [0.717, 1.165) is 67.9 Å². The average molecular weight is 510 g/mol. The monoisotopic (exact) mass is 509 g/mol. The fourth-order valence-electron chi connectivity index (χ4n) is 6.10. The van der Waals surface area contributed by atoms with Crippen LogP contribution in [0.3, 0.4) is 0 Å². The maximum atomic E-state index is 12.9. The number of halogens is 1. The first-order chi connectivity index (χ1) is 17.0. The predicted octanol–water partition coefficient (Wildman–Crippen LogP) is 6.38. The Morgan fingerprint density at radius 3 is 2.72 bits per heavy atom. The van der Waals surface area contributed by atoms with E-state index in [1.54, 1.807) is 6.07 Å². The summed E-state index contributed by atoms with van der Waals surface area (Å²) >= 11 is 6.35. The van der Waals surface area contributed by atoms with Crippen molar-refractivity contribution in [2.24, 2.45) is 11.3 Å². The topological polar surface area (TPSA) is 55.8 Å². The maximum absolute atomic E-state index is 12.9. The number of carbonyl (C=O) groups excluding carboxylic acids is 2. The first-order valence-corrected chi connectivity index (χ1v) is 13.4. The van der Waals surface area contributed by atoms with Crippen LogP contribution in [-0.4, -0.2) is 37.6 Å². The summed E-state index contributed by atoms with van der Waals surface area (Å²) in [5, 5.41) is 0.763. The predicted molar refractivity (Wildman–Crippen MR) is 142 cm³/mol. The summed E-state index contributed by atoms with van der Waals surface area (Å²) in [5.74, 6) is 0.687. The highest BCUT2D eigenvalue weighted by atomic mass is 35.5. The molecule has 1 spiro atoms. The van der Waals surface area contributed by atoms with Crippen molar-refractivity contribution in [1.29, 1.82) is 0 Å². The van der Waals surface area contributed by atoms with E-state index >= 15 is 0 Å². The van der Waals surface area contributed by atoms with Gasteiger partial charge in [-0.1, -0.05) is 24.6 Å². The Bertz CT molecular complexity index is 1190. The summed E-state index contributed by atoms with van der Waals surface area (Å²) in [6, 6.07) is 11.8. The highest BCUT2D eigenvalue weighted by Gasteiger charge is 2.46. The summed E-state index contributed by atoms with van der Waals surface area (Å²) in [5.41, 5.74) is 2.93. The molecule has 0 aromatic heterocycles. The summed E-state index contributed by atoms with van der Waals surface area (Å²) < 4.78 is 12.2. The van der Waals surface area contributed by atoms with Gasteiger partial charge in [-0.15, -0.1) is 0 Å². The standard InChI is InChI=1S/C30H36ClNO4/c1-28(2,3)36-27(34)21-7-10-26-25(15-21)32(16-22-11-13-29(22,4)18-33)17-30(19-35-26)12-5-6-20-14-23(31)8-9-24(20)30/h7-10,14-15,18,22H,5-6,11-13,16-17,19H2,1-4H3/t22-,29-,30?/m1/s1. The van der Waals surface area contributed by atoms with Gasteiger partial charge < -0.3 is 19.2 Å². The van der Waals surface area contributed by atoms with Crippen molar-refractivity contribution < 1.29 is 19.1 Å². The number of esters is 1. The molecule has 36 heavy (non-hydrogen) atoms. The zero-order valence-electron chi connectivity index (χ0n) is 21.7. The lowest BCUT2D eigenvalue weighted by molar-refractivity contribution is -0.123. The number of rotatable bonds is 4. The van der Waals surface area contributed by atoms with E-state index in [-0.39, 0.29) is 22.7 Å². The van der Waals surface area contributed by atoms with Crippen LogP contribution in [0.1, 0.15) is 74.9 Å². The molecule has 5 rings (SSSR count). The van der Waals surface area contributed by atoms with Crippen LogP contribution in [0, 0.1) is 11.3 Å². The Morgan fingerprint density at radius 2 is 2.03 bits per heavy atom. The minimum absolute atomic E-state index is 0.190. The number of fused-ring (bicyclic) bond motifs is 3. The number of aryl methyl sites for hydroxylation is 1. The van der Waals surface area contributed by atoms with Gasteiger partial charge in [0.15, 0.2) is 0 Å². The van der Waals surface area contributed by atoms with E-state index in [1.165, 1.54) is 11.1 Å². The largest absolute Gasteiger partial charge is 0.490 e. The molecule has 1 unspecified atom stereocenters. The third kappa shape index (κ3) is 4.63. The summed E-state index contributed by atoms with van der Waals surface area (Å²) in [4.78, 5) is 27.2. The minimum atomic E-state index is -0.574. The third-order valence-corrected chi connectivity index (χ3v) is 8.58. The molecule has 5 nitrogen and oxygen atoms in total. The van der Waals surface area contributed by atoms with Crippen molar-refractivity contribution in [3.8, 4) is 5.75 Å². The number of anilines is 1. The van der Waals surface area contributed by atoms with Gasteiger partial charge >= 0.3 is 5.97 Å². The zero-order valence-corrected chi connectivity index (χ0v) is 22.5. The van der Waals surface area contributed by atoms with Gasteiger partial charge in [0.05, 0.1) is 17.9 Å². The third-order valence-electron chi connectivity index (χ3n) is 8.35. The van der Waals surface area contributed by atoms with Gasteiger partial charge in [-0.05, 0) is 100 Å². The lowest BCUT2D eigenvalue weighted by atomic mass is 9.62. The number of ether oxygens (including phenoxy) is 2. The van der Waals surface area contributed by atoms with E-state index in [0.29, 0.717) is 12.2 Å². The lowest BCUT2D eigenvalue weighted by Crippen LogP contribution is -2.51. The van der Waals surface area contributed by atoms with Gasteiger partial charge in [-0.25, -0.2) is 4.79 Å². The molecule has 1 aliphatic heterocycles. The van der Waals surface area contributed by atoms with Crippen LogP contribution >= 0.6 is 11.6 Å². The Kier molecular flexibility index (Phi) is 6.35. The van der Waals surface area contributed by atoms with Gasteiger partial charge in [0.1, 0.15) is 17.6 Å². The zero-order chi connectivity index (χ0) is 25.7. The molecule has 1 fully saturated rings. The molecule has 3 atom stereocenters. The van der Waals surface area contributed by atoms with Crippen molar-refractivity contribution in [2.45, 2.75) is 70.8 Å². The Labute approximate surface area is 219 Å². The van der Waals surface area contributed by atoms with E-state index in [4.69, 9.17) is 21.1 Å². The molecule has 0 saturated heterocycles. The molecule has 1 heterocycles. The van der Waals surface area contributed by atoms with E-state index in [1.807, 2.05) is 39.0 Å². The molecule has 192 valence electrons. The highest BCUT2D eigenvalue weighted by Crippen LogP contribution is 2.49. The summed E-state index contributed by atoms with van der Waals surface area (Å²) in [7, 11) is 0. The lowest BCUT2D eigenvalue weighted by Gasteiger charge is -2.47. The first-order valence-electron chi connectivity index (χ1n) is 13.0. The van der Waals surface area contributed by atoms with Gasteiger partial charge in [0, 0.05) is 28.9 Å². The van der Waals surface area contributed by atoms with Gasteiger partial charge in [-0.2, -0.15) is 0 Å². The van der Waals surface area contributed by atoms with Crippen LogP contribution in [0.2, 0.25) is 5.02 Å². The van der Waals surface area contributed by atoms with Crippen molar-refractivity contribution in [1.82, 2.24) is 0 Å². The second kappa shape index (κ2) is 9.09. The normalized spacial score (nSPS) is 27.2. The Hall–Kier alpha value is -2.53. The SMILES string of the molecule is CC(C)(C)OC(=O)c1ccc2c(c1)N(C[C@H]1CC[C@]1(C)C=O)CC1(CCCc3cc(Cl)ccc31)CO2. The Balaban J connectivity index is 1.55. The molecule has 0 radical (unpaired) electrons. The number of nitrogens with zero attached hydrogens (tertiary/aromatic N) is 1. The second-order valence-electron chi connectivity index (χ2n) is 12.1. The second-order valence-corrected chi connectivity index (χ2v) is 12.6. The van der Waals surface area contributed by atoms with E-state index in [9.17, 15) is 9.59 Å². The number of hydrogen-bond donors (Lipinski definition) is 0. The first kappa shape index (κ1) is 25.1. The number of aldehydes is 1. The summed E-state index contributed by atoms with van der Waals surface area (Å²) in [6.07, 6.45) is 6.16. The number of hydrogen-bond acceptors (Lipinski definition) is 5. The smallest absolute Gasteiger partial charge is 0.338 e. The average Bonchev–Trinajstić information content (AvgIpc) is 2.97. The molecule has 2 aromatic carbocycles. The van der Waals surface area contributed by atoms with Crippen molar-refractivity contribution >= 4 is 29.5 Å². The van der Waals surface area contributed by atoms with Crippen LogP contribution in [0.4, 0.5) is 5.69 Å². The van der Waals surface area contributed by atoms with Gasteiger partial charge in [-0.3, -0.25) is 0 Å². The molecule has 2 aliphatic carbocycles. The quantitative estimate of drug-likeness (QED) is 0.353. The van der Waals surface area contributed by atoms with E-state index in [2.05, 4.69) is 24.0 Å². The molecular formula is C30H36ClNO4. The number of benzene rings is 2. The van der Waals surface area contributed by atoms with Gasteiger partial charge in [0.25, 0.3) is 0 Å². The van der Waals surface area contributed by atoms with Crippen LogP contribution in [0.15, 0.2) is 36.4 Å². The molecule has 0 N–H and O–H groups in total. The van der Waals surface area contributed by atoms with E-state index < -0.39 is 5.60 Å². The Morgan fingerprint density at radius 1 is 1.22 bits per heavy atom. The fourth-order valence-corrected chi connectivity index (χ4v) is 6.30. The minimum Gasteiger partial charge on any atom is -0.490 e. The molecule has 6 heteroatoms. The van der Waals surface area contributed by atoms with Gasteiger partial charge in [0.2, 0.25) is 0 Å². The van der Waals surface area contributed by atoms with Crippen LogP contribution < -0.4 is 9.64 Å². The fraction of sp³-hybridized carbons (Fsp3) is 0.533. The van der Waals surface area contributed by atoms with Crippen molar-refractivity contribution in [2.75, 3.05) is 24.6 Å². The molecular weight excluding hydrogens is 474 g/mol.